The van der Waals surface area contributed by atoms with Crippen molar-refractivity contribution in [1.29, 1.82) is 0 Å². The van der Waals surface area contributed by atoms with E-state index >= 15 is 0 Å². The summed E-state index contributed by atoms with van der Waals surface area (Å²) in [5, 5.41) is 11.1. The number of Topliss-reactive ketones (excluding diaryl/α,β-unsaturated/α-hetero) is 1. The van der Waals surface area contributed by atoms with Crippen LogP contribution in [0, 0.1) is 10.1 Å². The monoisotopic (exact) mass is 337 g/mol. The van der Waals surface area contributed by atoms with Crippen molar-refractivity contribution in [2.45, 2.75) is 17.7 Å². The molecule has 2 rings (SSSR count). The van der Waals surface area contributed by atoms with Crippen LogP contribution in [0.25, 0.3) is 0 Å². The number of carbonyl (C=O) groups is 3. The van der Waals surface area contributed by atoms with Crippen molar-refractivity contribution in [2.24, 2.45) is 5.73 Å². The molecule has 2 amide bonds. The number of carbonyl (C=O) groups excluding carboxylic acids is 3. The SMILES string of the molecule is NC(=O)c1ccc(SCC(=O)N2CCC(=O)CC2)c([N+](=O)[O-])c1. The van der Waals surface area contributed by atoms with Crippen LogP contribution >= 0.6 is 11.8 Å². The van der Waals surface area contributed by atoms with Gasteiger partial charge in [-0.15, -0.1) is 11.8 Å². The number of hydrogen-bond acceptors (Lipinski definition) is 6. The first-order chi connectivity index (χ1) is 10.9. The van der Waals surface area contributed by atoms with E-state index in [0.717, 1.165) is 17.8 Å². The lowest BCUT2D eigenvalue weighted by Gasteiger charge is -2.25. The Morgan fingerprint density at radius 3 is 2.52 bits per heavy atom. The van der Waals surface area contributed by atoms with E-state index in [-0.39, 0.29) is 28.7 Å². The third kappa shape index (κ3) is 4.28. The molecule has 2 N–H and O–H groups in total. The molecule has 1 aliphatic rings. The van der Waals surface area contributed by atoms with E-state index in [1.807, 2.05) is 0 Å². The van der Waals surface area contributed by atoms with Crippen LogP contribution < -0.4 is 5.73 Å². The smallest absolute Gasteiger partial charge is 0.283 e. The van der Waals surface area contributed by atoms with Crippen LogP contribution in [0.1, 0.15) is 23.2 Å². The number of rotatable bonds is 5. The van der Waals surface area contributed by atoms with Gasteiger partial charge in [0.1, 0.15) is 5.78 Å². The molecule has 1 saturated heterocycles. The van der Waals surface area contributed by atoms with E-state index in [0.29, 0.717) is 30.8 Å². The van der Waals surface area contributed by atoms with Crippen molar-refractivity contribution >= 4 is 35.0 Å². The lowest BCUT2D eigenvalue weighted by molar-refractivity contribution is -0.387. The molecule has 1 aliphatic heterocycles. The summed E-state index contributed by atoms with van der Waals surface area (Å²) >= 11 is 1.03. The van der Waals surface area contributed by atoms with Crippen LogP contribution in [0.3, 0.4) is 0 Å². The number of thioether (sulfide) groups is 1. The minimum atomic E-state index is -0.751. The maximum atomic E-state index is 12.1. The van der Waals surface area contributed by atoms with Gasteiger partial charge in [0, 0.05) is 37.6 Å². The first-order valence-corrected chi connectivity index (χ1v) is 7.87. The Labute approximate surface area is 136 Å². The number of nitrogens with zero attached hydrogens (tertiary/aromatic N) is 2. The van der Waals surface area contributed by atoms with Gasteiger partial charge in [-0.1, -0.05) is 0 Å². The van der Waals surface area contributed by atoms with E-state index < -0.39 is 10.8 Å². The molecule has 1 fully saturated rings. The number of piperidine rings is 1. The van der Waals surface area contributed by atoms with Crippen molar-refractivity contribution in [2.75, 3.05) is 18.8 Å². The van der Waals surface area contributed by atoms with Gasteiger partial charge in [-0.25, -0.2) is 0 Å². The largest absolute Gasteiger partial charge is 0.366 e. The van der Waals surface area contributed by atoms with Crippen molar-refractivity contribution in [1.82, 2.24) is 4.90 Å². The predicted molar refractivity (Wildman–Crippen MR) is 83.2 cm³/mol. The molecular formula is C14H15N3O5S. The van der Waals surface area contributed by atoms with Crippen LogP contribution in [0.15, 0.2) is 23.1 Å². The minimum absolute atomic E-state index is 0.0327. The first kappa shape index (κ1) is 16.9. The quantitative estimate of drug-likeness (QED) is 0.485. The third-order valence-corrected chi connectivity index (χ3v) is 4.51. The van der Waals surface area contributed by atoms with Crippen LogP contribution in [0.4, 0.5) is 5.69 Å². The second-order valence-electron chi connectivity index (χ2n) is 5.01. The van der Waals surface area contributed by atoms with E-state index in [1.54, 1.807) is 4.90 Å². The highest BCUT2D eigenvalue weighted by Crippen LogP contribution is 2.30. The summed E-state index contributed by atoms with van der Waals surface area (Å²) in [5.74, 6) is -0.751. The highest BCUT2D eigenvalue weighted by atomic mass is 32.2. The molecule has 0 unspecified atom stereocenters. The molecule has 122 valence electrons. The van der Waals surface area contributed by atoms with Crippen LogP contribution in [0.2, 0.25) is 0 Å². The fourth-order valence-electron chi connectivity index (χ4n) is 2.17. The van der Waals surface area contributed by atoms with Gasteiger partial charge in [-0.3, -0.25) is 24.5 Å². The molecule has 0 spiro atoms. The predicted octanol–water partition coefficient (Wildman–Crippen LogP) is 0.977. The lowest BCUT2D eigenvalue weighted by Crippen LogP contribution is -2.39. The van der Waals surface area contributed by atoms with Crippen molar-refractivity contribution < 1.29 is 19.3 Å². The van der Waals surface area contributed by atoms with E-state index in [1.165, 1.54) is 12.1 Å². The van der Waals surface area contributed by atoms with E-state index in [4.69, 9.17) is 5.73 Å². The number of nitrogens with two attached hydrogens (primary N) is 1. The van der Waals surface area contributed by atoms with Gasteiger partial charge in [0.15, 0.2) is 0 Å². The average molecular weight is 337 g/mol. The summed E-state index contributed by atoms with van der Waals surface area (Å²) < 4.78 is 0. The van der Waals surface area contributed by atoms with Crippen molar-refractivity contribution in [3.8, 4) is 0 Å². The third-order valence-electron chi connectivity index (χ3n) is 3.47. The lowest BCUT2D eigenvalue weighted by atomic mass is 10.1. The molecule has 0 atom stereocenters. The second-order valence-corrected chi connectivity index (χ2v) is 6.03. The second kappa shape index (κ2) is 7.23. The Morgan fingerprint density at radius 2 is 1.96 bits per heavy atom. The number of nitro benzene ring substituents is 1. The van der Waals surface area contributed by atoms with E-state index in [2.05, 4.69) is 0 Å². The van der Waals surface area contributed by atoms with Gasteiger partial charge < -0.3 is 10.6 Å². The number of ketones is 1. The molecule has 8 nitrogen and oxygen atoms in total. The number of nitro groups is 1. The molecule has 9 heteroatoms. The molecule has 1 aromatic rings. The Morgan fingerprint density at radius 1 is 1.30 bits per heavy atom. The summed E-state index contributed by atoms with van der Waals surface area (Å²) in [6.45, 7) is 0.780. The van der Waals surface area contributed by atoms with Crippen LogP contribution in [-0.4, -0.2) is 46.3 Å². The Kier molecular flexibility index (Phi) is 5.32. The highest BCUT2D eigenvalue weighted by molar-refractivity contribution is 8.00. The maximum Gasteiger partial charge on any atom is 0.283 e. The van der Waals surface area contributed by atoms with E-state index in [9.17, 15) is 24.5 Å². The van der Waals surface area contributed by atoms with Crippen molar-refractivity contribution in [3.05, 3.63) is 33.9 Å². The summed E-state index contributed by atoms with van der Waals surface area (Å²) in [7, 11) is 0. The van der Waals surface area contributed by atoms with Crippen LogP contribution in [0.5, 0.6) is 0 Å². The average Bonchev–Trinajstić information content (AvgIpc) is 2.52. The molecule has 0 aliphatic carbocycles. The number of hydrogen-bond donors (Lipinski definition) is 1. The Hall–Kier alpha value is -2.42. The fraction of sp³-hybridized carbons (Fsp3) is 0.357. The van der Waals surface area contributed by atoms with Gasteiger partial charge in [0.25, 0.3) is 5.69 Å². The Bertz CT molecular complexity index is 666. The number of primary amides is 1. The number of benzene rings is 1. The zero-order chi connectivity index (χ0) is 17.0. The Balaban J connectivity index is 2.05. The summed E-state index contributed by atoms with van der Waals surface area (Å²) in [5.41, 5.74) is 4.89. The van der Waals surface area contributed by atoms with Gasteiger partial charge in [-0.05, 0) is 12.1 Å². The molecular weight excluding hydrogens is 322 g/mol. The minimum Gasteiger partial charge on any atom is -0.366 e. The maximum absolute atomic E-state index is 12.1. The summed E-state index contributed by atoms with van der Waals surface area (Å²) in [6.07, 6.45) is 0.702. The van der Waals surface area contributed by atoms with Gasteiger partial charge in [-0.2, -0.15) is 0 Å². The molecule has 1 heterocycles. The van der Waals surface area contributed by atoms with Crippen molar-refractivity contribution in [3.63, 3.8) is 0 Å². The first-order valence-electron chi connectivity index (χ1n) is 6.89. The number of amides is 2. The zero-order valence-corrected chi connectivity index (χ0v) is 13.0. The molecule has 0 bridgehead atoms. The molecule has 0 aromatic heterocycles. The fourth-order valence-corrected chi connectivity index (χ4v) is 3.08. The highest BCUT2D eigenvalue weighted by Gasteiger charge is 2.22. The zero-order valence-electron chi connectivity index (χ0n) is 12.2. The normalized spacial score (nSPS) is 14.6. The molecule has 1 aromatic carbocycles. The van der Waals surface area contributed by atoms with Gasteiger partial charge >= 0.3 is 0 Å². The van der Waals surface area contributed by atoms with Crippen LogP contribution in [-0.2, 0) is 9.59 Å². The molecule has 23 heavy (non-hydrogen) atoms. The van der Waals surface area contributed by atoms with Gasteiger partial charge in [0.2, 0.25) is 11.8 Å². The van der Waals surface area contributed by atoms with Gasteiger partial charge in [0.05, 0.1) is 15.6 Å². The molecule has 0 radical (unpaired) electrons. The standard InChI is InChI=1S/C14H15N3O5S/c15-14(20)9-1-2-12(11(7-9)17(21)22)23-8-13(19)16-5-3-10(18)4-6-16/h1-2,7H,3-6,8H2,(H2,15,20). The molecule has 0 saturated carbocycles. The summed E-state index contributed by atoms with van der Waals surface area (Å²) in [6, 6.07) is 3.91. The number of likely N-dealkylation sites (tertiary alicyclic amines) is 1. The topological polar surface area (TPSA) is 124 Å². The summed E-state index contributed by atoms with van der Waals surface area (Å²) in [4.78, 5) is 46.7.